The number of nitrogens with zero attached hydrogens (tertiary/aromatic N) is 2. The Balaban J connectivity index is 1.33. The summed E-state index contributed by atoms with van der Waals surface area (Å²) in [7, 11) is 0. The van der Waals surface area contributed by atoms with Crippen molar-refractivity contribution in [3.05, 3.63) is 144 Å². The lowest BCUT2D eigenvalue weighted by Gasteiger charge is -2.19. The van der Waals surface area contributed by atoms with Gasteiger partial charge in [0.05, 0.1) is 31.5 Å². The van der Waals surface area contributed by atoms with Gasteiger partial charge in [0.2, 0.25) is 0 Å². The maximum atomic E-state index is 13.7. The van der Waals surface area contributed by atoms with E-state index in [9.17, 15) is 14.4 Å². The van der Waals surface area contributed by atoms with Gasteiger partial charge in [-0.3, -0.25) is 14.2 Å². The van der Waals surface area contributed by atoms with Crippen molar-refractivity contribution in [3.63, 3.8) is 0 Å². The van der Waals surface area contributed by atoms with Crippen LogP contribution in [-0.2, 0) is 36.9 Å². The van der Waals surface area contributed by atoms with Crippen LogP contribution in [0, 0.1) is 0 Å². The molecule has 0 spiro atoms. The van der Waals surface area contributed by atoms with Crippen LogP contribution in [0.15, 0.2) is 106 Å². The zero-order valence-electron chi connectivity index (χ0n) is 24.7. The molecule has 0 amide bonds. The van der Waals surface area contributed by atoms with Gasteiger partial charge in [-0.2, -0.15) is 4.57 Å². The zero-order valence-corrected chi connectivity index (χ0v) is 27.0. The molecule has 3 atom stereocenters. The van der Waals surface area contributed by atoms with Gasteiger partial charge in [-0.15, -0.1) is 0 Å². The van der Waals surface area contributed by atoms with Crippen LogP contribution in [0.25, 0.3) is 6.08 Å². The first-order valence-corrected chi connectivity index (χ1v) is 15.8. The van der Waals surface area contributed by atoms with Crippen LogP contribution in [0.3, 0.4) is 0 Å². The Kier molecular flexibility index (Phi) is 12.3. The molecule has 0 N–H and O–H groups in total. The average Bonchev–Trinajstić information content (AvgIpc) is 3.48. The number of hydrogen-bond donors (Lipinski definition) is 0. The summed E-state index contributed by atoms with van der Waals surface area (Å²) in [5, 5.41) is 0.411. The molecule has 0 saturated carbocycles. The molecule has 0 unspecified atom stereocenters. The summed E-state index contributed by atoms with van der Waals surface area (Å²) < 4.78 is 31.3. The highest BCUT2D eigenvalue weighted by Crippen LogP contribution is 2.30. The van der Waals surface area contributed by atoms with Gasteiger partial charge in [0.15, 0.2) is 0 Å². The molecule has 12 heteroatoms. The van der Waals surface area contributed by atoms with Crippen molar-refractivity contribution in [2.45, 2.75) is 38.1 Å². The van der Waals surface area contributed by atoms with E-state index in [0.29, 0.717) is 22.8 Å². The summed E-state index contributed by atoms with van der Waals surface area (Å²) in [5.74, 6) is -0.791. The fraction of sp³-hybridized carbons (Fsp3) is 0.265. The summed E-state index contributed by atoms with van der Waals surface area (Å²) >= 11 is 9.15. The minimum absolute atomic E-state index is 0.0112. The number of carbonyl (C=O) groups excluding carboxylic acids is 1. The number of hydrogen-bond acceptors (Lipinski definition) is 8. The van der Waals surface area contributed by atoms with Crippen LogP contribution in [-0.4, -0.2) is 47.4 Å². The minimum atomic E-state index is -0.877. The van der Waals surface area contributed by atoms with Crippen molar-refractivity contribution in [1.29, 1.82) is 0 Å². The van der Waals surface area contributed by atoms with E-state index in [1.165, 1.54) is 46.1 Å². The van der Waals surface area contributed by atoms with Crippen molar-refractivity contribution in [3.8, 4) is 0 Å². The quantitative estimate of drug-likeness (QED) is 0.120. The van der Waals surface area contributed by atoms with Gasteiger partial charge >= 0.3 is 5.69 Å². The van der Waals surface area contributed by atoms with E-state index >= 15 is 0 Å². The van der Waals surface area contributed by atoms with Gasteiger partial charge in [-0.05, 0) is 46.5 Å². The van der Waals surface area contributed by atoms with Gasteiger partial charge in [-0.1, -0.05) is 88.2 Å². The number of benzene rings is 3. The molecular weight excluding hydrogens is 680 g/mol. The van der Waals surface area contributed by atoms with E-state index in [-0.39, 0.29) is 37.7 Å². The molecule has 4 aromatic rings. The number of ether oxygens (including phenoxy) is 5. The molecule has 0 radical (unpaired) electrons. The summed E-state index contributed by atoms with van der Waals surface area (Å²) in [5.41, 5.74) is 0.603. The topological polar surface area (TPSA) is 107 Å². The lowest BCUT2D eigenvalue weighted by molar-refractivity contribution is -0.145. The third-order valence-electron chi connectivity index (χ3n) is 7.21. The highest BCUT2D eigenvalue weighted by Gasteiger charge is 2.38. The van der Waals surface area contributed by atoms with Crippen LogP contribution in [0.5, 0.6) is 0 Å². The lowest BCUT2D eigenvalue weighted by Crippen LogP contribution is -2.45. The Bertz CT molecular complexity index is 1730. The van der Waals surface area contributed by atoms with E-state index in [4.69, 9.17) is 35.3 Å². The predicted molar refractivity (Wildman–Crippen MR) is 176 cm³/mol. The molecule has 2 heterocycles. The van der Waals surface area contributed by atoms with Gasteiger partial charge < -0.3 is 23.7 Å². The van der Waals surface area contributed by atoms with Gasteiger partial charge in [0.25, 0.3) is 11.5 Å². The molecule has 240 valence electrons. The van der Waals surface area contributed by atoms with Crippen LogP contribution in [0.2, 0.25) is 5.02 Å². The highest BCUT2D eigenvalue weighted by molar-refractivity contribution is 9.11. The number of rotatable bonds is 14. The Morgan fingerprint density at radius 2 is 1.52 bits per heavy atom. The van der Waals surface area contributed by atoms with Crippen molar-refractivity contribution in [1.82, 2.24) is 9.13 Å². The summed E-state index contributed by atoms with van der Waals surface area (Å²) in [6.07, 6.45) is 1.02. The molecule has 1 aliphatic rings. The molecule has 5 rings (SSSR count). The second-order valence-corrected chi connectivity index (χ2v) is 11.3. The van der Waals surface area contributed by atoms with Crippen molar-refractivity contribution < 1.29 is 28.5 Å². The van der Waals surface area contributed by atoms with Gasteiger partial charge in [-0.25, -0.2) is 4.79 Å². The maximum absolute atomic E-state index is 13.7. The molecule has 46 heavy (non-hydrogen) atoms. The van der Waals surface area contributed by atoms with Crippen LogP contribution < -0.4 is 11.2 Å². The molecular formula is C34H32BrClN2O8. The highest BCUT2D eigenvalue weighted by atomic mass is 79.9. The number of carbonyl (C=O) groups is 1. The summed E-state index contributed by atoms with van der Waals surface area (Å²) in [6.45, 7) is 0.812. The standard InChI is InChI=1S/C34H32BrClN2O8/c35-16-15-27-18-37(34(41)38(33(27)40)32(39)26-11-13-28(36)14-12-26)31-17-29(45-23-43-20-25-9-5-2-6-10-25)30(46-31)21-44-22-42-19-24-7-3-1-4-8-24/h1-16,18,29-31H,17,19-23H2/b16-15+/t29-,30+,31+/m0/s1. The Hall–Kier alpha value is -3.68. The Morgan fingerprint density at radius 3 is 2.15 bits per heavy atom. The van der Waals surface area contributed by atoms with E-state index in [1.807, 2.05) is 60.7 Å². The smallest absolute Gasteiger partial charge is 0.340 e. The van der Waals surface area contributed by atoms with E-state index in [0.717, 1.165) is 11.1 Å². The fourth-order valence-corrected chi connectivity index (χ4v) is 5.31. The van der Waals surface area contributed by atoms with Crippen molar-refractivity contribution in [2.24, 2.45) is 0 Å². The fourth-order valence-electron chi connectivity index (χ4n) is 4.90. The molecule has 1 saturated heterocycles. The summed E-state index contributed by atoms with van der Waals surface area (Å²) in [6, 6.07) is 25.3. The third kappa shape index (κ3) is 8.77. The summed E-state index contributed by atoms with van der Waals surface area (Å²) in [4.78, 5) is 41.9. The minimum Gasteiger partial charge on any atom is -0.353 e. The maximum Gasteiger partial charge on any atom is 0.340 e. The van der Waals surface area contributed by atoms with Gasteiger partial charge in [0, 0.05) is 23.2 Å². The monoisotopic (exact) mass is 710 g/mol. The van der Waals surface area contributed by atoms with Crippen molar-refractivity contribution >= 4 is 39.5 Å². The molecule has 1 fully saturated rings. The lowest BCUT2D eigenvalue weighted by atomic mass is 10.2. The van der Waals surface area contributed by atoms with Crippen LogP contribution in [0.1, 0.15) is 39.7 Å². The SMILES string of the molecule is O=C(c1ccc(Cl)cc1)n1c(=O)c(/C=C/Br)cn([C@H]2C[C@H](OCOCc3ccccc3)[C@@H](COCOCc3ccccc3)O2)c1=O. The van der Waals surface area contributed by atoms with E-state index in [2.05, 4.69) is 15.9 Å². The molecule has 0 aliphatic carbocycles. The largest absolute Gasteiger partial charge is 0.353 e. The van der Waals surface area contributed by atoms with E-state index < -0.39 is 35.6 Å². The molecule has 3 aromatic carbocycles. The second kappa shape index (κ2) is 16.8. The molecule has 10 nitrogen and oxygen atoms in total. The molecule has 1 aromatic heterocycles. The number of aromatic nitrogens is 2. The average molecular weight is 712 g/mol. The first-order valence-electron chi connectivity index (χ1n) is 14.5. The van der Waals surface area contributed by atoms with Crippen molar-refractivity contribution in [2.75, 3.05) is 20.2 Å². The predicted octanol–water partition coefficient (Wildman–Crippen LogP) is 5.76. The van der Waals surface area contributed by atoms with E-state index in [1.54, 1.807) is 0 Å². The first-order chi connectivity index (χ1) is 22.4. The zero-order chi connectivity index (χ0) is 32.3. The Labute approximate surface area is 278 Å². The third-order valence-corrected chi connectivity index (χ3v) is 7.72. The normalized spacial score (nSPS) is 17.9. The van der Waals surface area contributed by atoms with Crippen LogP contribution in [0.4, 0.5) is 0 Å². The number of halogens is 2. The van der Waals surface area contributed by atoms with Gasteiger partial charge in [0.1, 0.15) is 25.9 Å². The Morgan fingerprint density at radius 1 is 0.891 bits per heavy atom. The van der Waals surface area contributed by atoms with Crippen LogP contribution >= 0.6 is 27.5 Å². The first kappa shape index (κ1) is 33.7. The second-order valence-electron chi connectivity index (χ2n) is 10.4. The molecule has 0 bridgehead atoms. The molecule has 1 aliphatic heterocycles.